The fraction of sp³-hybridized carbons (Fsp3) is 0.143. The summed E-state index contributed by atoms with van der Waals surface area (Å²) in [4.78, 5) is 17.1. The normalized spacial score (nSPS) is 11.0. The standard InChI is InChI=1S/C21H14Cl2F4N2O4/c22-12-7-15(23)16(28-9-12)10-29(13-3-1-2-11(6-13)19(30)31)14-4-5-17(32-20(24)25)18(8-14)33-21(26)27/h1-9,20-21H,10H2,(H,30,31). The molecule has 1 N–H and O–H groups in total. The lowest BCUT2D eigenvalue weighted by Crippen LogP contribution is -2.18. The van der Waals surface area contributed by atoms with Crippen molar-refractivity contribution in [2.45, 2.75) is 19.8 Å². The number of pyridine rings is 1. The minimum atomic E-state index is -3.31. The van der Waals surface area contributed by atoms with E-state index < -0.39 is 30.7 Å². The van der Waals surface area contributed by atoms with E-state index in [0.717, 1.165) is 12.1 Å². The van der Waals surface area contributed by atoms with E-state index in [9.17, 15) is 27.5 Å². The molecule has 0 aliphatic rings. The van der Waals surface area contributed by atoms with Gasteiger partial charge in [-0.05, 0) is 36.4 Å². The van der Waals surface area contributed by atoms with Gasteiger partial charge in [-0.2, -0.15) is 17.6 Å². The summed E-state index contributed by atoms with van der Waals surface area (Å²) in [6.07, 6.45) is 1.35. The van der Waals surface area contributed by atoms with Crippen LogP contribution >= 0.6 is 23.2 Å². The number of carboxylic acid groups (broad SMARTS) is 1. The number of alkyl halides is 4. The van der Waals surface area contributed by atoms with Crippen molar-refractivity contribution in [1.29, 1.82) is 0 Å². The molecular weight excluding hydrogens is 491 g/mol. The first-order valence-corrected chi connectivity index (χ1v) is 9.84. The van der Waals surface area contributed by atoms with E-state index >= 15 is 0 Å². The Hall–Kier alpha value is -3.24. The third kappa shape index (κ3) is 6.39. The van der Waals surface area contributed by atoms with Crippen LogP contribution in [0.1, 0.15) is 16.1 Å². The lowest BCUT2D eigenvalue weighted by molar-refractivity contribution is -0.0692. The molecule has 6 nitrogen and oxygen atoms in total. The first kappa shape index (κ1) is 24.4. The van der Waals surface area contributed by atoms with Crippen LogP contribution in [0.2, 0.25) is 10.0 Å². The number of carboxylic acids is 1. The van der Waals surface area contributed by atoms with Crippen molar-refractivity contribution in [1.82, 2.24) is 4.98 Å². The zero-order valence-corrected chi connectivity index (χ0v) is 17.9. The topological polar surface area (TPSA) is 71.9 Å². The van der Waals surface area contributed by atoms with Crippen LogP contribution in [0, 0.1) is 0 Å². The van der Waals surface area contributed by atoms with Crippen molar-refractivity contribution in [3.05, 3.63) is 76.0 Å². The van der Waals surface area contributed by atoms with Gasteiger partial charge in [0.2, 0.25) is 0 Å². The maximum atomic E-state index is 12.9. The molecule has 0 atom stereocenters. The molecule has 0 amide bonds. The number of hydrogen-bond acceptors (Lipinski definition) is 5. The second kappa shape index (κ2) is 10.6. The van der Waals surface area contributed by atoms with Gasteiger partial charge in [-0.3, -0.25) is 4.98 Å². The van der Waals surface area contributed by atoms with Crippen LogP contribution in [0.25, 0.3) is 0 Å². The van der Waals surface area contributed by atoms with Gasteiger partial charge in [0.15, 0.2) is 11.5 Å². The number of anilines is 2. The van der Waals surface area contributed by atoms with Crippen LogP contribution in [-0.4, -0.2) is 29.3 Å². The molecule has 0 spiro atoms. The molecule has 0 unspecified atom stereocenters. The van der Waals surface area contributed by atoms with Gasteiger partial charge in [-0.15, -0.1) is 0 Å². The Morgan fingerprint density at radius 1 is 0.970 bits per heavy atom. The molecule has 0 saturated carbocycles. The summed E-state index contributed by atoms with van der Waals surface area (Å²) in [5, 5.41) is 9.81. The molecular formula is C21H14Cl2F4N2O4. The van der Waals surface area contributed by atoms with E-state index in [-0.39, 0.29) is 27.8 Å². The molecule has 0 radical (unpaired) electrons. The van der Waals surface area contributed by atoms with Gasteiger partial charge in [0, 0.05) is 23.6 Å². The minimum Gasteiger partial charge on any atom is -0.478 e. The average molecular weight is 505 g/mol. The minimum absolute atomic E-state index is 0.0469. The zero-order valence-electron chi connectivity index (χ0n) is 16.4. The van der Waals surface area contributed by atoms with Crippen molar-refractivity contribution in [2.24, 2.45) is 0 Å². The fourth-order valence-electron chi connectivity index (χ4n) is 2.89. The van der Waals surface area contributed by atoms with Crippen LogP contribution in [0.5, 0.6) is 11.5 Å². The van der Waals surface area contributed by atoms with E-state index in [1.807, 2.05) is 0 Å². The summed E-state index contributed by atoms with van der Waals surface area (Å²) in [6, 6.07) is 10.6. The largest absolute Gasteiger partial charge is 0.478 e. The molecule has 3 aromatic rings. The second-order valence-corrected chi connectivity index (χ2v) is 7.26. The number of aromatic carboxylic acids is 1. The first-order valence-electron chi connectivity index (χ1n) is 9.08. The lowest BCUT2D eigenvalue weighted by atomic mass is 10.1. The van der Waals surface area contributed by atoms with E-state index in [1.165, 1.54) is 41.4 Å². The third-order valence-corrected chi connectivity index (χ3v) is 4.80. The van der Waals surface area contributed by atoms with Gasteiger partial charge in [-0.25, -0.2) is 4.79 Å². The van der Waals surface area contributed by atoms with Crippen LogP contribution in [-0.2, 0) is 6.54 Å². The number of hydrogen-bond donors (Lipinski definition) is 1. The zero-order chi connectivity index (χ0) is 24.1. The number of aromatic nitrogens is 1. The third-order valence-electron chi connectivity index (χ3n) is 4.27. The molecule has 3 rings (SSSR count). The van der Waals surface area contributed by atoms with Crippen molar-refractivity contribution >= 4 is 40.5 Å². The van der Waals surface area contributed by atoms with Crippen LogP contribution in [0.15, 0.2) is 54.7 Å². The molecule has 0 fully saturated rings. The van der Waals surface area contributed by atoms with E-state index in [0.29, 0.717) is 11.4 Å². The van der Waals surface area contributed by atoms with Crippen molar-refractivity contribution < 1.29 is 36.9 Å². The van der Waals surface area contributed by atoms with E-state index in [2.05, 4.69) is 14.5 Å². The van der Waals surface area contributed by atoms with Gasteiger partial charge < -0.3 is 19.5 Å². The van der Waals surface area contributed by atoms with Crippen molar-refractivity contribution in [3.8, 4) is 11.5 Å². The fourth-order valence-corrected chi connectivity index (χ4v) is 3.33. The Bertz CT molecular complexity index is 1150. The predicted octanol–water partition coefficient (Wildman–Crippen LogP) is 6.63. The molecule has 2 aromatic carbocycles. The summed E-state index contributed by atoms with van der Waals surface area (Å²) >= 11 is 12.1. The van der Waals surface area contributed by atoms with E-state index in [1.54, 1.807) is 6.07 Å². The van der Waals surface area contributed by atoms with Gasteiger partial charge in [0.05, 0.1) is 27.8 Å². The summed E-state index contributed by atoms with van der Waals surface area (Å²) in [6.45, 7) is -6.63. The van der Waals surface area contributed by atoms with Crippen LogP contribution in [0.3, 0.4) is 0 Å². The summed E-state index contributed by atoms with van der Waals surface area (Å²) in [5.41, 5.74) is 0.788. The predicted molar refractivity (Wildman–Crippen MR) is 113 cm³/mol. The molecule has 0 aliphatic heterocycles. The molecule has 0 aliphatic carbocycles. The van der Waals surface area contributed by atoms with Gasteiger partial charge in [-0.1, -0.05) is 29.3 Å². The molecule has 1 aromatic heterocycles. The maximum Gasteiger partial charge on any atom is 0.387 e. The molecule has 174 valence electrons. The number of halogens is 6. The second-order valence-electron chi connectivity index (χ2n) is 6.41. The lowest BCUT2D eigenvalue weighted by Gasteiger charge is -2.26. The van der Waals surface area contributed by atoms with Crippen LogP contribution in [0.4, 0.5) is 28.9 Å². The highest BCUT2D eigenvalue weighted by Gasteiger charge is 2.20. The molecule has 33 heavy (non-hydrogen) atoms. The van der Waals surface area contributed by atoms with Gasteiger partial charge >= 0.3 is 19.2 Å². The quantitative estimate of drug-likeness (QED) is 0.330. The van der Waals surface area contributed by atoms with Gasteiger partial charge in [0.1, 0.15) is 0 Å². The Kier molecular flexibility index (Phi) is 7.83. The summed E-state index contributed by atoms with van der Waals surface area (Å²) in [5.74, 6) is -2.44. The Labute approximate surface area is 194 Å². The highest BCUT2D eigenvalue weighted by molar-refractivity contribution is 6.34. The molecule has 12 heteroatoms. The van der Waals surface area contributed by atoms with Crippen molar-refractivity contribution in [3.63, 3.8) is 0 Å². The average Bonchev–Trinajstić information content (AvgIpc) is 2.74. The number of carbonyl (C=O) groups is 1. The Balaban J connectivity index is 2.12. The smallest absolute Gasteiger partial charge is 0.387 e. The Morgan fingerprint density at radius 2 is 1.64 bits per heavy atom. The molecule has 0 saturated heterocycles. The highest BCUT2D eigenvalue weighted by Crippen LogP contribution is 2.38. The molecule has 0 bridgehead atoms. The number of nitrogens with zero attached hydrogens (tertiary/aromatic N) is 2. The summed E-state index contributed by atoms with van der Waals surface area (Å²) < 4.78 is 59.7. The van der Waals surface area contributed by atoms with Crippen LogP contribution < -0.4 is 14.4 Å². The highest BCUT2D eigenvalue weighted by atomic mass is 35.5. The maximum absolute atomic E-state index is 12.9. The number of benzene rings is 2. The Morgan fingerprint density at radius 3 is 2.27 bits per heavy atom. The molecule has 1 heterocycles. The first-order chi connectivity index (χ1) is 15.6. The van der Waals surface area contributed by atoms with Gasteiger partial charge in [0.25, 0.3) is 0 Å². The van der Waals surface area contributed by atoms with E-state index in [4.69, 9.17) is 23.2 Å². The monoisotopic (exact) mass is 504 g/mol. The summed E-state index contributed by atoms with van der Waals surface area (Å²) in [7, 11) is 0. The SMILES string of the molecule is O=C(O)c1cccc(N(Cc2ncc(Cl)cc2Cl)c2ccc(OC(F)F)c(OC(F)F)c2)c1. The van der Waals surface area contributed by atoms with Crippen molar-refractivity contribution in [2.75, 3.05) is 4.90 Å². The number of rotatable bonds is 9. The number of ether oxygens (including phenoxy) is 2.